The van der Waals surface area contributed by atoms with Gasteiger partial charge in [0.05, 0.1) is 18.9 Å². The van der Waals surface area contributed by atoms with Crippen LogP contribution in [-0.4, -0.2) is 42.6 Å². The molecule has 2 aromatic rings. The molecule has 1 aromatic heterocycles. The highest BCUT2D eigenvalue weighted by molar-refractivity contribution is 7.14. The maximum absolute atomic E-state index is 12.1. The summed E-state index contributed by atoms with van der Waals surface area (Å²) in [6, 6.07) is 7.46. The van der Waals surface area contributed by atoms with Gasteiger partial charge in [-0.25, -0.2) is 4.98 Å². The van der Waals surface area contributed by atoms with E-state index in [0.29, 0.717) is 24.8 Å². The van der Waals surface area contributed by atoms with E-state index >= 15 is 0 Å². The van der Waals surface area contributed by atoms with E-state index in [1.807, 2.05) is 29.6 Å². The fourth-order valence-corrected chi connectivity index (χ4v) is 3.27. The first-order chi connectivity index (χ1) is 12.1. The van der Waals surface area contributed by atoms with Crippen molar-refractivity contribution >= 4 is 46.4 Å². The van der Waals surface area contributed by atoms with Gasteiger partial charge in [-0.15, -0.1) is 23.7 Å². The maximum atomic E-state index is 12.1. The molecule has 1 saturated heterocycles. The van der Waals surface area contributed by atoms with Crippen LogP contribution in [0, 0.1) is 0 Å². The number of carbonyl (C=O) groups excluding carboxylic acids is 2. The highest BCUT2D eigenvalue weighted by atomic mass is 35.5. The third-order valence-corrected chi connectivity index (χ3v) is 4.44. The molecule has 1 atom stereocenters. The zero-order valence-corrected chi connectivity index (χ0v) is 15.9. The van der Waals surface area contributed by atoms with E-state index in [4.69, 9.17) is 4.74 Å². The summed E-state index contributed by atoms with van der Waals surface area (Å²) in [5.74, 6) is -0.186. The van der Waals surface area contributed by atoms with Gasteiger partial charge in [0.2, 0.25) is 11.8 Å². The topological polar surface area (TPSA) is 92.4 Å². The largest absolute Gasteiger partial charge is 0.378 e. The summed E-state index contributed by atoms with van der Waals surface area (Å²) < 4.78 is 5.35. The lowest BCUT2D eigenvalue weighted by Crippen LogP contribution is -2.43. The van der Waals surface area contributed by atoms with Crippen LogP contribution in [0.1, 0.15) is 13.3 Å². The number of amides is 2. The Labute approximate surface area is 162 Å². The smallest absolute Gasteiger partial charge is 0.227 e. The van der Waals surface area contributed by atoms with Crippen molar-refractivity contribution in [1.29, 1.82) is 0 Å². The molecule has 2 heterocycles. The predicted octanol–water partition coefficient (Wildman–Crippen LogP) is 2.51. The van der Waals surface area contributed by atoms with Gasteiger partial charge in [-0.05, 0) is 12.1 Å². The third kappa shape index (κ3) is 5.77. The van der Waals surface area contributed by atoms with Crippen LogP contribution in [0.3, 0.4) is 0 Å². The number of aromatic nitrogens is 1. The summed E-state index contributed by atoms with van der Waals surface area (Å²) in [6.45, 7) is 3.48. The molecule has 1 aliphatic rings. The average molecular weight is 397 g/mol. The van der Waals surface area contributed by atoms with Gasteiger partial charge < -0.3 is 20.7 Å². The Morgan fingerprint density at radius 2 is 2.08 bits per heavy atom. The number of thiazole rings is 1. The lowest BCUT2D eigenvalue weighted by Gasteiger charge is -2.22. The van der Waals surface area contributed by atoms with E-state index in [-0.39, 0.29) is 30.3 Å². The quantitative estimate of drug-likeness (QED) is 0.722. The molecule has 1 aromatic carbocycles. The second kappa shape index (κ2) is 9.63. The van der Waals surface area contributed by atoms with Gasteiger partial charge in [-0.2, -0.15) is 0 Å². The minimum atomic E-state index is -0.107. The van der Waals surface area contributed by atoms with Crippen LogP contribution in [0.2, 0.25) is 0 Å². The SMILES string of the molecule is CC(=O)Nc1ccc(-c2csc(NC(=O)CC3COCCN3)n2)cc1.Cl. The monoisotopic (exact) mass is 396 g/mol. The third-order valence-electron chi connectivity index (χ3n) is 3.68. The van der Waals surface area contributed by atoms with Crippen LogP contribution >= 0.6 is 23.7 Å². The molecule has 0 spiro atoms. The first kappa shape index (κ1) is 20.3. The van der Waals surface area contributed by atoms with Gasteiger partial charge in [-0.1, -0.05) is 12.1 Å². The van der Waals surface area contributed by atoms with Crippen LogP contribution in [-0.2, 0) is 14.3 Å². The maximum Gasteiger partial charge on any atom is 0.227 e. The van der Waals surface area contributed by atoms with Gasteiger partial charge in [-0.3, -0.25) is 9.59 Å². The summed E-state index contributed by atoms with van der Waals surface area (Å²) in [4.78, 5) is 27.6. The highest BCUT2D eigenvalue weighted by Crippen LogP contribution is 2.26. The molecule has 1 unspecified atom stereocenters. The molecule has 0 aliphatic carbocycles. The Kier molecular flexibility index (Phi) is 7.52. The molecule has 3 rings (SSSR count). The number of nitrogens with one attached hydrogen (secondary N) is 3. The number of nitrogens with zero attached hydrogens (tertiary/aromatic N) is 1. The summed E-state index contributed by atoms with van der Waals surface area (Å²) in [5.41, 5.74) is 2.45. The molecule has 7 nitrogen and oxygen atoms in total. The fraction of sp³-hybridized carbons (Fsp3) is 0.353. The zero-order valence-electron chi connectivity index (χ0n) is 14.3. The van der Waals surface area contributed by atoms with E-state index in [1.54, 1.807) is 0 Å². The molecule has 140 valence electrons. The minimum absolute atomic E-state index is 0. The molecule has 0 radical (unpaired) electrons. The van der Waals surface area contributed by atoms with Crippen LogP contribution in [0.5, 0.6) is 0 Å². The zero-order chi connectivity index (χ0) is 17.6. The van der Waals surface area contributed by atoms with E-state index in [0.717, 1.165) is 23.5 Å². The van der Waals surface area contributed by atoms with Crippen LogP contribution in [0.4, 0.5) is 10.8 Å². The Balaban J connectivity index is 0.00000243. The summed E-state index contributed by atoms with van der Waals surface area (Å²) in [6.07, 6.45) is 0.361. The molecular formula is C17H21ClN4O3S. The Hall–Kier alpha value is -2.00. The van der Waals surface area contributed by atoms with Gasteiger partial charge in [0.1, 0.15) is 0 Å². The molecule has 1 fully saturated rings. The Morgan fingerprint density at radius 1 is 1.31 bits per heavy atom. The lowest BCUT2D eigenvalue weighted by molar-refractivity contribution is -0.117. The molecule has 1 aliphatic heterocycles. The molecule has 26 heavy (non-hydrogen) atoms. The average Bonchev–Trinajstić information content (AvgIpc) is 3.04. The second-order valence-corrected chi connectivity index (χ2v) is 6.63. The van der Waals surface area contributed by atoms with Gasteiger partial charge in [0.15, 0.2) is 5.13 Å². The molecule has 3 N–H and O–H groups in total. The predicted molar refractivity (Wildman–Crippen MR) is 105 cm³/mol. The summed E-state index contributed by atoms with van der Waals surface area (Å²) in [5, 5.41) is 11.3. The number of anilines is 2. The number of halogens is 1. The van der Waals surface area contributed by atoms with Crippen molar-refractivity contribution in [2.75, 3.05) is 30.4 Å². The number of hydrogen-bond acceptors (Lipinski definition) is 6. The Morgan fingerprint density at radius 3 is 2.73 bits per heavy atom. The number of carbonyl (C=O) groups is 2. The van der Waals surface area contributed by atoms with Crippen LogP contribution in [0.25, 0.3) is 11.3 Å². The van der Waals surface area contributed by atoms with E-state index in [1.165, 1.54) is 18.3 Å². The van der Waals surface area contributed by atoms with Gasteiger partial charge in [0.25, 0.3) is 0 Å². The molecule has 0 bridgehead atoms. The van der Waals surface area contributed by atoms with Crippen molar-refractivity contribution in [2.45, 2.75) is 19.4 Å². The molecule has 0 saturated carbocycles. The number of morpholine rings is 1. The number of ether oxygens (including phenoxy) is 1. The van der Waals surface area contributed by atoms with E-state index in [9.17, 15) is 9.59 Å². The normalized spacial score (nSPS) is 16.4. The van der Waals surface area contributed by atoms with Crippen molar-refractivity contribution in [3.63, 3.8) is 0 Å². The van der Waals surface area contributed by atoms with Crippen molar-refractivity contribution in [3.05, 3.63) is 29.6 Å². The van der Waals surface area contributed by atoms with Gasteiger partial charge >= 0.3 is 0 Å². The number of benzene rings is 1. The van der Waals surface area contributed by atoms with Crippen molar-refractivity contribution in [3.8, 4) is 11.3 Å². The number of hydrogen-bond donors (Lipinski definition) is 3. The van der Waals surface area contributed by atoms with Gasteiger partial charge in [0, 0.05) is 42.6 Å². The van der Waals surface area contributed by atoms with E-state index < -0.39 is 0 Å². The summed E-state index contributed by atoms with van der Waals surface area (Å²) in [7, 11) is 0. The fourth-order valence-electron chi connectivity index (χ4n) is 2.54. The van der Waals surface area contributed by atoms with Crippen molar-refractivity contribution < 1.29 is 14.3 Å². The molecular weight excluding hydrogens is 376 g/mol. The van der Waals surface area contributed by atoms with Crippen LogP contribution < -0.4 is 16.0 Å². The number of rotatable bonds is 5. The second-order valence-electron chi connectivity index (χ2n) is 5.77. The first-order valence-corrected chi connectivity index (χ1v) is 8.92. The molecule has 2 amide bonds. The van der Waals surface area contributed by atoms with E-state index in [2.05, 4.69) is 20.9 Å². The van der Waals surface area contributed by atoms with Crippen molar-refractivity contribution in [2.24, 2.45) is 0 Å². The molecule has 9 heteroatoms. The minimum Gasteiger partial charge on any atom is -0.378 e. The lowest BCUT2D eigenvalue weighted by atomic mass is 10.1. The Bertz CT molecular complexity index is 745. The first-order valence-electron chi connectivity index (χ1n) is 8.04. The summed E-state index contributed by atoms with van der Waals surface area (Å²) >= 11 is 1.39. The van der Waals surface area contributed by atoms with Crippen molar-refractivity contribution in [1.82, 2.24) is 10.3 Å². The van der Waals surface area contributed by atoms with Crippen LogP contribution in [0.15, 0.2) is 29.6 Å². The standard InChI is InChI=1S/C17H20N4O3S.ClH/c1-11(22)19-13-4-2-12(3-5-13)15-10-25-17(20-15)21-16(23)8-14-9-24-7-6-18-14;/h2-5,10,14,18H,6-9H2,1H3,(H,19,22)(H,20,21,23);1H. The highest BCUT2D eigenvalue weighted by Gasteiger charge is 2.17.